The first-order valence-corrected chi connectivity index (χ1v) is 6.95. The van der Waals surface area contributed by atoms with E-state index in [1.165, 1.54) is 0 Å². The van der Waals surface area contributed by atoms with Crippen molar-refractivity contribution < 1.29 is 14.6 Å². The Morgan fingerprint density at radius 1 is 0.952 bits per heavy atom. The minimum Gasteiger partial charge on any atom is -0.463 e. The lowest BCUT2D eigenvalue weighted by molar-refractivity contribution is -0.152. The van der Waals surface area contributed by atoms with Crippen molar-refractivity contribution in [1.29, 1.82) is 0 Å². The Labute approximate surface area is 123 Å². The molecule has 3 heteroatoms. The number of carbonyl (C=O) groups is 1. The van der Waals surface area contributed by atoms with E-state index >= 15 is 0 Å². The van der Waals surface area contributed by atoms with Crippen molar-refractivity contribution in [3.63, 3.8) is 0 Å². The van der Waals surface area contributed by atoms with E-state index in [0.717, 1.165) is 11.1 Å². The molecule has 106 valence electrons. The van der Waals surface area contributed by atoms with Gasteiger partial charge in [0.05, 0.1) is 6.61 Å². The summed E-state index contributed by atoms with van der Waals surface area (Å²) in [5.74, 6) is -0.609. The second-order valence-corrected chi connectivity index (χ2v) is 4.91. The zero-order chi connectivity index (χ0) is 14.9. The van der Waals surface area contributed by atoms with Gasteiger partial charge in [-0.05, 0) is 18.1 Å². The van der Waals surface area contributed by atoms with Crippen LogP contribution in [-0.2, 0) is 9.53 Å². The Morgan fingerprint density at radius 2 is 1.38 bits per heavy atom. The van der Waals surface area contributed by atoms with Crippen LogP contribution in [0.15, 0.2) is 60.7 Å². The predicted molar refractivity (Wildman–Crippen MR) is 81.3 cm³/mol. The van der Waals surface area contributed by atoms with Gasteiger partial charge in [0.1, 0.15) is 0 Å². The van der Waals surface area contributed by atoms with E-state index in [9.17, 15) is 9.90 Å². The average Bonchev–Trinajstić information content (AvgIpc) is 3.17. The normalized spacial score (nSPS) is 15.7. The van der Waals surface area contributed by atoms with Crippen LogP contribution in [-0.4, -0.2) is 23.3 Å². The number of ether oxygens (including phenoxy) is 1. The Kier molecular flexibility index (Phi) is 3.35. The molecular formula is C18H16O3. The molecule has 3 rings (SSSR count). The maximum absolute atomic E-state index is 12.2. The Hall–Kier alpha value is -2.39. The van der Waals surface area contributed by atoms with E-state index in [1.807, 2.05) is 60.7 Å². The van der Waals surface area contributed by atoms with Gasteiger partial charge >= 0.3 is 5.97 Å². The van der Waals surface area contributed by atoms with E-state index in [2.05, 4.69) is 0 Å². The van der Waals surface area contributed by atoms with Crippen LogP contribution in [0.5, 0.6) is 0 Å². The maximum atomic E-state index is 12.2. The highest BCUT2D eigenvalue weighted by Gasteiger charge is 2.60. The lowest BCUT2D eigenvalue weighted by Crippen LogP contribution is -2.29. The molecule has 2 aromatic carbocycles. The number of benzene rings is 2. The molecule has 0 fully saturated rings. The third-order valence-electron chi connectivity index (χ3n) is 3.61. The fourth-order valence-electron chi connectivity index (χ4n) is 2.63. The van der Waals surface area contributed by atoms with Gasteiger partial charge in [0.2, 0.25) is 5.60 Å². The lowest BCUT2D eigenvalue weighted by Gasteiger charge is -2.12. The van der Waals surface area contributed by atoms with Crippen molar-refractivity contribution in [3.8, 4) is 0 Å². The van der Waals surface area contributed by atoms with Crippen LogP contribution in [0.1, 0.15) is 18.1 Å². The molecule has 0 bridgehead atoms. The van der Waals surface area contributed by atoms with E-state index in [-0.39, 0.29) is 6.61 Å². The van der Waals surface area contributed by atoms with Crippen LogP contribution < -0.4 is 0 Å². The first-order chi connectivity index (χ1) is 10.2. The topological polar surface area (TPSA) is 46.5 Å². The smallest absolute Gasteiger partial charge is 0.347 e. The minimum absolute atomic E-state index is 0.241. The summed E-state index contributed by atoms with van der Waals surface area (Å²) in [7, 11) is 0. The molecule has 0 radical (unpaired) electrons. The summed E-state index contributed by atoms with van der Waals surface area (Å²) in [5, 5.41) is 10.8. The van der Waals surface area contributed by atoms with Gasteiger partial charge in [-0.25, -0.2) is 4.79 Å². The van der Waals surface area contributed by atoms with Gasteiger partial charge in [-0.2, -0.15) is 0 Å². The quantitative estimate of drug-likeness (QED) is 0.876. The highest BCUT2D eigenvalue weighted by molar-refractivity contribution is 6.30. The maximum Gasteiger partial charge on any atom is 0.347 e. The van der Waals surface area contributed by atoms with Crippen LogP contribution in [0, 0.1) is 0 Å². The molecule has 0 aromatic heterocycles. The van der Waals surface area contributed by atoms with Gasteiger partial charge < -0.3 is 9.84 Å². The molecule has 1 aliphatic carbocycles. The van der Waals surface area contributed by atoms with Crippen LogP contribution in [0.2, 0.25) is 0 Å². The third kappa shape index (κ3) is 2.16. The molecule has 0 unspecified atom stereocenters. The second kappa shape index (κ2) is 5.19. The van der Waals surface area contributed by atoms with Gasteiger partial charge in [-0.15, -0.1) is 0 Å². The van der Waals surface area contributed by atoms with Crippen molar-refractivity contribution >= 4 is 17.1 Å². The highest BCUT2D eigenvalue weighted by atomic mass is 16.5. The zero-order valence-electron chi connectivity index (χ0n) is 11.7. The van der Waals surface area contributed by atoms with Gasteiger partial charge in [0, 0.05) is 11.1 Å². The van der Waals surface area contributed by atoms with Crippen molar-refractivity contribution in [2.24, 2.45) is 0 Å². The van der Waals surface area contributed by atoms with Crippen molar-refractivity contribution in [2.75, 3.05) is 6.61 Å². The summed E-state index contributed by atoms with van der Waals surface area (Å²) in [6, 6.07) is 18.9. The molecule has 2 aromatic rings. The largest absolute Gasteiger partial charge is 0.463 e. The zero-order valence-corrected chi connectivity index (χ0v) is 11.7. The molecule has 21 heavy (non-hydrogen) atoms. The molecular weight excluding hydrogens is 264 g/mol. The molecule has 3 nitrogen and oxygen atoms in total. The number of hydrogen-bond acceptors (Lipinski definition) is 3. The first kappa shape index (κ1) is 13.6. The summed E-state index contributed by atoms with van der Waals surface area (Å²) in [5.41, 5.74) is 1.32. The SMILES string of the molecule is CCOC(=O)C1(O)C(c2ccccc2)=C1c1ccccc1. The van der Waals surface area contributed by atoms with E-state index in [1.54, 1.807) is 6.92 Å². The second-order valence-electron chi connectivity index (χ2n) is 4.91. The molecule has 0 aliphatic heterocycles. The van der Waals surface area contributed by atoms with Crippen LogP contribution in [0.3, 0.4) is 0 Å². The van der Waals surface area contributed by atoms with Gasteiger partial charge in [-0.3, -0.25) is 0 Å². The minimum atomic E-state index is -1.63. The van der Waals surface area contributed by atoms with Crippen LogP contribution in [0.25, 0.3) is 11.1 Å². The summed E-state index contributed by atoms with van der Waals surface area (Å²) < 4.78 is 5.04. The third-order valence-corrected chi connectivity index (χ3v) is 3.61. The molecule has 0 amide bonds. The molecule has 0 atom stereocenters. The summed E-state index contributed by atoms with van der Waals surface area (Å²) >= 11 is 0. The fourth-order valence-corrected chi connectivity index (χ4v) is 2.63. The fraction of sp³-hybridized carbons (Fsp3) is 0.167. The van der Waals surface area contributed by atoms with Crippen molar-refractivity contribution in [2.45, 2.75) is 12.5 Å². The summed E-state index contributed by atoms with van der Waals surface area (Å²) in [6.07, 6.45) is 0. The number of hydrogen-bond donors (Lipinski definition) is 1. The molecule has 0 heterocycles. The predicted octanol–water partition coefficient (Wildman–Crippen LogP) is 2.91. The van der Waals surface area contributed by atoms with Crippen molar-refractivity contribution in [1.82, 2.24) is 0 Å². The number of carbonyl (C=O) groups excluding carboxylic acids is 1. The molecule has 0 saturated heterocycles. The lowest BCUT2D eigenvalue weighted by atomic mass is 10.1. The summed E-state index contributed by atoms with van der Waals surface area (Å²) in [4.78, 5) is 12.2. The van der Waals surface area contributed by atoms with E-state index < -0.39 is 11.6 Å². The average molecular weight is 280 g/mol. The molecule has 0 saturated carbocycles. The number of aliphatic hydroxyl groups is 1. The molecule has 1 N–H and O–H groups in total. The Balaban J connectivity index is 2.07. The van der Waals surface area contributed by atoms with Gasteiger partial charge in [0.25, 0.3) is 0 Å². The Morgan fingerprint density at radius 3 is 1.76 bits per heavy atom. The Bertz CT molecular complexity index is 637. The monoisotopic (exact) mass is 280 g/mol. The van der Waals surface area contributed by atoms with Gasteiger partial charge in [-0.1, -0.05) is 60.7 Å². The standard InChI is InChI=1S/C18H16O3/c1-2-21-17(19)18(20)15(13-9-5-3-6-10-13)16(18)14-11-7-4-8-12-14/h3-12,20H,2H2,1H3. The first-order valence-electron chi connectivity index (χ1n) is 6.95. The molecule has 0 spiro atoms. The van der Waals surface area contributed by atoms with Gasteiger partial charge in [0.15, 0.2) is 0 Å². The van der Waals surface area contributed by atoms with E-state index in [0.29, 0.717) is 11.1 Å². The summed E-state index contributed by atoms with van der Waals surface area (Å²) in [6.45, 7) is 1.97. The van der Waals surface area contributed by atoms with E-state index in [4.69, 9.17) is 4.74 Å². The van der Waals surface area contributed by atoms with Crippen LogP contribution in [0.4, 0.5) is 0 Å². The number of esters is 1. The van der Waals surface area contributed by atoms with Crippen molar-refractivity contribution in [3.05, 3.63) is 71.8 Å². The van der Waals surface area contributed by atoms with Crippen LogP contribution >= 0.6 is 0 Å². The molecule has 1 aliphatic rings. The highest BCUT2D eigenvalue weighted by Crippen LogP contribution is 2.57. The number of rotatable bonds is 4.